The highest BCUT2D eigenvalue weighted by atomic mass is 16.1. The van der Waals surface area contributed by atoms with E-state index in [0.29, 0.717) is 6.54 Å². The molecule has 0 atom stereocenters. The monoisotopic (exact) mass is 258 g/mol. The van der Waals surface area contributed by atoms with Crippen molar-refractivity contribution in [2.24, 2.45) is 0 Å². The Morgan fingerprint density at radius 1 is 1.21 bits per heavy atom. The van der Waals surface area contributed by atoms with Crippen molar-refractivity contribution < 1.29 is 0 Å². The summed E-state index contributed by atoms with van der Waals surface area (Å²) in [6.07, 6.45) is 4.91. The van der Waals surface area contributed by atoms with E-state index in [2.05, 4.69) is 21.8 Å². The Labute approximate surface area is 111 Å². The van der Waals surface area contributed by atoms with Gasteiger partial charge in [0.25, 0.3) is 5.56 Å². The van der Waals surface area contributed by atoms with Crippen LogP contribution in [0.15, 0.2) is 23.3 Å². The molecule has 2 aromatic heterocycles. The predicted molar refractivity (Wildman–Crippen MR) is 75.5 cm³/mol. The molecule has 5 heteroatoms. The average molecular weight is 258 g/mol. The first-order chi connectivity index (χ1) is 9.31. The second-order valence-corrected chi connectivity index (χ2v) is 4.95. The van der Waals surface area contributed by atoms with Gasteiger partial charge in [0.1, 0.15) is 17.8 Å². The van der Waals surface area contributed by atoms with E-state index in [9.17, 15) is 4.79 Å². The van der Waals surface area contributed by atoms with Gasteiger partial charge in [-0.3, -0.25) is 9.36 Å². The minimum atomic E-state index is 0.0143. The summed E-state index contributed by atoms with van der Waals surface area (Å²) in [5.74, 6) is 0.965. The van der Waals surface area contributed by atoms with E-state index in [4.69, 9.17) is 0 Å². The molecular formula is C14H18N4O. The summed E-state index contributed by atoms with van der Waals surface area (Å²) in [4.78, 5) is 23.0. The minimum Gasteiger partial charge on any atom is -0.356 e. The lowest BCUT2D eigenvalue weighted by Gasteiger charge is -2.18. The Bertz CT molecular complexity index is 643. The van der Waals surface area contributed by atoms with Crippen LogP contribution in [-0.4, -0.2) is 27.6 Å². The van der Waals surface area contributed by atoms with E-state index in [1.165, 1.54) is 12.8 Å². The summed E-state index contributed by atoms with van der Waals surface area (Å²) in [5.41, 5.74) is 0.770. The molecule has 100 valence electrons. The third-order valence-electron chi connectivity index (χ3n) is 3.61. The molecule has 0 amide bonds. The molecule has 3 heterocycles. The van der Waals surface area contributed by atoms with Gasteiger partial charge >= 0.3 is 0 Å². The molecule has 0 radical (unpaired) electrons. The Morgan fingerprint density at radius 2 is 2.00 bits per heavy atom. The molecule has 1 fully saturated rings. The van der Waals surface area contributed by atoms with Gasteiger partial charge in [0, 0.05) is 25.7 Å². The molecule has 3 rings (SSSR count). The summed E-state index contributed by atoms with van der Waals surface area (Å²) in [7, 11) is 0. The van der Waals surface area contributed by atoms with Gasteiger partial charge in [0.15, 0.2) is 0 Å². The maximum Gasteiger partial charge on any atom is 0.252 e. The zero-order valence-electron chi connectivity index (χ0n) is 11.2. The maximum absolute atomic E-state index is 11.9. The molecule has 5 nitrogen and oxygen atoms in total. The van der Waals surface area contributed by atoms with Crippen LogP contribution in [-0.2, 0) is 6.54 Å². The van der Waals surface area contributed by atoms with Crippen LogP contribution in [0.2, 0.25) is 0 Å². The fourth-order valence-corrected chi connectivity index (χ4v) is 2.71. The zero-order valence-corrected chi connectivity index (χ0v) is 11.2. The fourth-order valence-electron chi connectivity index (χ4n) is 2.71. The Hall–Kier alpha value is -1.91. The normalized spacial score (nSPS) is 15.3. The van der Waals surface area contributed by atoms with Gasteiger partial charge in [0.05, 0.1) is 5.39 Å². The lowest BCUT2D eigenvalue weighted by Crippen LogP contribution is -2.23. The summed E-state index contributed by atoms with van der Waals surface area (Å²) >= 11 is 0. The average Bonchev–Trinajstić information content (AvgIpc) is 2.95. The Morgan fingerprint density at radius 3 is 2.74 bits per heavy atom. The van der Waals surface area contributed by atoms with Crippen molar-refractivity contribution in [3.05, 3.63) is 28.8 Å². The van der Waals surface area contributed by atoms with Gasteiger partial charge in [-0.05, 0) is 25.3 Å². The van der Waals surface area contributed by atoms with Crippen LogP contribution in [0.5, 0.6) is 0 Å². The second-order valence-electron chi connectivity index (χ2n) is 4.95. The Balaban J connectivity index is 2.20. The van der Waals surface area contributed by atoms with E-state index >= 15 is 0 Å². The molecule has 19 heavy (non-hydrogen) atoms. The summed E-state index contributed by atoms with van der Waals surface area (Å²) in [5, 5.41) is 0.984. The van der Waals surface area contributed by atoms with Gasteiger partial charge in [-0.25, -0.2) is 9.97 Å². The van der Waals surface area contributed by atoms with E-state index in [1.807, 2.05) is 6.07 Å². The fraction of sp³-hybridized carbons (Fsp3) is 0.500. The van der Waals surface area contributed by atoms with Crippen LogP contribution in [0.25, 0.3) is 11.0 Å². The van der Waals surface area contributed by atoms with E-state index in [0.717, 1.165) is 36.4 Å². The van der Waals surface area contributed by atoms with E-state index in [1.54, 1.807) is 17.0 Å². The highest BCUT2D eigenvalue weighted by Crippen LogP contribution is 2.24. The third kappa shape index (κ3) is 2.09. The number of rotatable bonds is 3. The summed E-state index contributed by atoms with van der Waals surface area (Å²) in [6.45, 7) is 4.85. The second kappa shape index (κ2) is 4.99. The SMILES string of the molecule is CCCn1c(=O)ccc2c(N3CCCC3)ncnc21. The first kappa shape index (κ1) is 12.1. The standard InChI is InChI=1S/C14H18N4O/c1-2-7-18-12(19)6-5-11-13(15-10-16-14(11)18)17-8-3-4-9-17/h5-6,10H,2-4,7-9H2,1H3. The maximum atomic E-state index is 11.9. The molecule has 0 spiro atoms. The van der Waals surface area contributed by atoms with E-state index < -0.39 is 0 Å². The highest BCUT2D eigenvalue weighted by molar-refractivity contribution is 5.87. The Kier molecular flexibility index (Phi) is 3.19. The third-order valence-corrected chi connectivity index (χ3v) is 3.61. The highest BCUT2D eigenvalue weighted by Gasteiger charge is 2.17. The number of hydrogen-bond donors (Lipinski definition) is 0. The van der Waals surface area contributed by atoms with E-state index in [-0.39, 0.29) is 5.56 Å². The van der Waals surface area contributed by atoms with Crippen LogP contribution >= 0.6 is 0 Å². The molecule has 0 N–H and O–H groups in total. The van der Waals surface area contributed by atoms with Crippen molar-refractivity contribution in [2.45, 2.75) is 32.7 Å². The van der Waals surface area contributed by atoms with Gasteiger partial charge < -0.3 is 4.90 Å². The molecule has 0 bridgehead atoms. The number of nitrogens with zero attached hydrogens (tertiary/aromatic N) is 4. The largest absolute Gasteiger partial charge is 0.356 e. The molecule has 0 unspecified atom stereocenters. The molecular weight excluding hydrogens is 240 g/mol. The smallest absolute Gasteiger partial charge is 0.252 e. The minimum absolute atomic E-state index is 0.0143. The topological polar surface area (TPSA) is 51.0 Å². The summed E-state index contributed by atoms with van der Waals surface area (Å²) < 4.78 is 1.75. The van der Waals surface area contributed by atoms with Crippen molar-refractivity contribution in [1.82, 2.24) is 14.5 Å². The number of fused-ring (bicyclic) bond motifs is 1. The lowest BCUT2D eigenvalue weighted by molar-refractivity contribution is 0.671. The van der Waals surface area contributed by atoms with Gasteiger partial charge in [-0.1, -0.05) is 6.92 Å². The molecule has 1 aliphatic rings. The number of aryl methyl sites for hydroxylation is 1. The molecule has 1 saturated heterocycles. The van der Waals surface area contributed by atoms with Crippen molar-refractivity contribution in [3.8, 4) is 0 Å². The van der Waals surface area contributed by atoms with Crippen molar-refractivity contribution in [1.29, 1.82) is 0 Å². The van der Waals surface area contributed by atoms with Gasteiger partial charge in [-0.15, -0.1) is 0 Å². The molecule has 0 aliphatic carbocycles. The molecule has 0 saturated carbocycles. The first-order valence-corrected chi connectivity index (χ1v) is 6.91. The predicted octanol–water partition coefficient (Wildman–Crippen LogP) is 1.80. The number of hydrogen-bond acceptors (Lipinski definition) is 4. The van der Waals surface area contributed by atoms with Crippen LogP contribution in [0.3, 0.4) is 0 Å². The summed E-state index contributed by atoms with van der Waals surface area (Å²) in [6, 6.07) is 3.48. The number of anilines is 1. The van der Waals surface area contributed by atoms with Crippen molar-refractivity contribution >= 4 is 16.9 Å². The number of aromatic nitrogens is 3. The first-order valence-electron chi connectivity index (χ1n) is 6.91. The lowest BCUT2D eigenvalue weighted by atomic mass is 10.3. The quantitative estimate of drug-likeness (QED) is 0.842. The molecule has 1 aliphatic heterocycles. The van der Waals surface area contributed by atoms with Crippen molar-refractivity contribution in [3.63, 3.8) is 0 Å². The molecule has 0 aromatic carbocycles. The van der Waals surface area contributed by atoms with Crippen molar-refractivity contribution in [2.75, 3.05) is 18.0 Å². The zero-order chi connectivity index (χ0) is 13.2. The van der Waals surface area contributed by atoms with Crippen LogP contribution in [0.4, 0.5) is 5.82 Å². The van der Waals surface area contributed by atoms with Crippen LogP contribution < -0.4 is 10.5 Å². The van der Waals surface area contributed by atoms with Crippen LogP contribution in [0.1, 0.15) is 26.2 Å². The van der Waals surface area contributed by atoms with Gasteiger partial charge in [-0.2, -0.15) is 0 Å². The van der Waals surface area contributed by atoms with Crippen LogP contribution in [0, 0.1) is 0 Å². The number of pyridine rings is 1. The van der Waals surface area contributed by atoms with Gasteiger partial charge in [0.2, 0.25) is 0 Å². The molecule has 2 aromatic rings.